The molecule has 0 radical (unpaired) electrons. The average molecular weight is 432 g/mol. The van der Waals surface area contributed by atoms with Gasteiger partial charge in [0.05, 0.1) is 11.0 Å². The van der Waals surface area contributed by atoms with Crippen molar-refractivity contribution < 1.29 is 24.3 Å². The molecule has 3 rings (SSSR count). The molecule has 30 heavy (non-hydrogen) atoms. The van der Waals surface area contributed by atoms with Gasteiger partial charge in [-0.2, -0.15) is 4.98 Å². The van der Waals surface area contributed by atoms with E-state index >= 15 is 0 Å². The minimum Gasteiger partial charge on any atom is -0.490 e. The SMILES string of the molecule is CCc1ccc(-c2nc(-c3cc(C)c(OCC(O)CC(O)C(N)=O)c(C)c3)no2)s1. The van der Waals surface area contributed by atoms with Gasteiger partial charge in [-0.25, -0.2) is 0 Å². The van der Waals surface area contributed by atoms with E-state index in [-0.39, 0.29) is 13.0 Å². The van der Waals surface area contributed by atoms with Crippen molar-refractivity contribution >= 4 is 17.2 Å². The minimum atomic E-state index is -1.41. The number of aryl methyl sites for hydroxylation is 3. The molecule has 2 aromatic heterocycles. The number of carbonyl (C=O) groups is 1. The smallest absolute Gasteiger partial charge is 0.268 e. The van der Waals surface area contributed by atoms with E-state index in [1.54, 1.807) is 11.3 Å². The van der Waals surface area contributed by atoms with E-state index in [0.717, 1.165) is 28.0 Å². The number of hydrogen-bond donors (Lipinski definition) is 3. The molecule has 4 N–H and O–H groups in total. The summed E-state index contributed by atoms with van der Waals surface area (Å²) in [5.41, 5.74) is 7.47. The van der Waals surface area contributed by atoms with Crippen LogP contribution in [0.25, 0.3) is 22.2 Å². The van der Waals surface area contributed by atoms with Gasteiger partial charge in [0.2, 0.25) is 11.7 Å². The van der Waals surface area contributed by atoms with Crippen molar-refractivity contribution in [2.24, 2.45) is 5.73 Å². The number of hydrogen-bond acceptors (Lipinski definition) is 8. The lowest BCUT2D eigenvalue weighted by atomic mass is 10.1. The molecule has 0 aliphatic rings. The summed E-state index contributed by atoms with van der Waals surface area (Å²) in [5, 5.41) is 23.5. The molecule has 1 aromatic carbocycles. The normalized spacial score (nSPS) is 13.2. The summed E-state index contributed by atoms with van der Waals surface area (Å²) in [5.74, 6) is 0.708. The largest absolute Gasteiger partial charge is 0.490 e. The summed E-state index contributed by atoms with van der Waals surface area (Å²) in [6, 6.07) is 7.80. The molecule has 0 saturated heterocycles. The van der Waals surface area contributed by atoms with Crippen LogP contribution in [0.2, 0.25) is 0 Å². The van der Waals surface area contributed by atoms with Crippen molar-refractivity contribution in [3.05, 3.63) is 40.3 Å². The third-order valence-electron chi connectivity index (χ3n) is 4.61. The molecule has 0 bridgehead atoms. The molecule has 9 heteroatoms. The summed E-state index contributed by atoms with van der Waals surface area (Å²) in [7, 11) is 0. The fourth-order valence-corrected chi connectivity index (χ4v) is 3.92. The fourth-order valence-electron chi connectivity index (χ4n) is 3.05. The molecule has 1 amide bonds. The first kappa shape index (κ1) is 21.9. The topological polar surface area (TPSA) is 132 Å². The van der Waals surface area contributed by atoms with E-state index in [9.17, 15) is 15.0 Å². The van der Waals surface area contributed by atoms with Crippen molar-refractivity contribution in [1.82, 2.24) is 10.1 Å². The van der Waals surface area contributed by atoms with E-state index < -0.39 is 18.1 Å². The van der Waals surface area contributed by atoms with Crippen molar-refractivity contribution in [2.75, 3.05) is 6.61 Å². The molecule has 2 unspecified atom stereocenters. The lowest BCUT2D eigenvalue weighted by molar-refractivity contribution is -0.127. The lowest BCUT2D eigenvalue weighted by Gasteiger charge is -2.17. The molecule has 8 nitrogen and oxygen atoms in total. The zero-order valence-electron chi connectivity index (χ0n) is 17.1. The van der Waals surface area contributed by atoms with Crippen molar-refractivity contribution in [1.29, 1.82) is 0 Å². The molecule has 0 fully saturated rings. The fraction of sp³-hybridized carbons (Fsp3) is 0.381. The highest BCUT2D eigenvalue weighted by Crippen LogP contribution is 2.32. The second-order valence-corrected chi connectivity index (χ2v) is 8.27. The summed E-state index contributed by atoms with van der Waals surface area (Å²) in [6.45, 7) is 5.79. The molecule has 160 valence electrons. The Balaban J connectivity index is 1.72. The Morgan fingerprint density at radius 2 is 1.97 bits per heavy atom. The van der Waals surface area contributed by atoms with Gasteiger partial charge in [-0.15, -0.1) is 11.3 Å². The minimum absolute atomic E-state index is 0.0735. The van der Waals surface area contributed by atoms with Crippen molar-refractivity contribution in [3.63, 3.8) is 0 Å². The van der Waals surface area contributed by atoms with Crippen LogP contribution in [-0.2, 0) is 11.2 Å². The van der Waals surface area contributed by atoms with Crippen LogP contribution >= 0.6 is 11.3 Å². The van der Waals surface area contributed by atoms with Gasteiger partial charge < -0.3 is 25.2 Å². The van der Waals surface area contributed by atoms with Crippen LogP contribution in [-0.4, -0.2) is 45.1 Å². The predicted octanol–water partition coefficient (Wildman–Crippen LogP) is 2.62. The molecule has 3 aromatic rings. The number of aromatic nitrogens is 2. The van der Waals surface area contributed by atoms with E-state index in [1.165, 1.54) is 4.88 Å². The van der Waals surface area contributed by atoms with Gasteiger partial charge in [-0.05, 0) is 55.7 Å². The second-order valence-electron chi connectivity index (χ2n) is 7.10. The Morgan fingerprint density at radius 3 is 2.57 bits per heavy atom. The van der Waals surface area contributed by atoms with Gasteiger partial charge in [0.15, 0.2) is 0 Å². The van der Waals surface area contributed by atoms with Crippen LogP contribution in [0.15, 0.2) is 28.8 Å². The molecular formula is C21H25N3O5S. The molecule has 2 atom stereocenters. The van der Waals surface area contributed by atoms with Crippen molar-refractivity contribution in [3.8, 4) is 27.9 Å². The molecule has 2 heterocycles. The highest BCUT2D eigenvalue weighted by molar-refractivity contribution is 7.15. The Morgan fingerprint density at radius 1 is 1.27 bits per heavy atom. The monoisotopic (exact) mass is 431 g/mol. The Bertz CT molecular complexity index is 1010. The molecule has 0 spiro atoms. The maximum atomic E-state index is 10.9. The first-order valence-corrected chi connectivity index (χ1v) is 10.4. The second kappa shape index (κ2) is 9.38. The van der Waals surface area contributed by atoms with Gasteiger partial charge >= 0.3 is 0 Å². The van der Waals surface area contributed by atoms with Crippen LogP contribution in [0.3, 0.4) is 0 Å². The number of ether oxygens (including phenoxy) is 1. The van der Waals surface area contributed by atoms with Gasteiger partial charge in [0, 0.05) is 16.9 Å². The predicted molar refractivity (Wildman–Crippen MR) is 113 cm³/mol. The molecule has 0 saturated carbocycles. The quantitative estimate of drug-likeness (QED) is 0.474. The standard InChI is InChI=1S/C21H25N3O5S/c1-4-15-5-6-17(30-15)21-23-20(24-29-21)13-7-11(2)18(12(3)8-13)28-10-14(25)9-16(26)19(22)27/h5-8,14,16,25-26H,4,9-10H2,1-3H3,(H2,22,27). The Hall–Kier alpha value is -2.75. The lowest BCUT2D eigenvalue weighted by Crippen LogP contribution is -2.33. The first-order chi connectivity index (χ1) is 14.3. The zero-order valence-corrected chi connectivity index (χ0v) is 17.9. The number of aliphatic hydroxyl groups is 2. The van der Waals surface area contributed by atoms with E-state index in [2.05, 4.69) is 23.1 Å². The number of nitrogens with zero attached hydrogens (tertiary/aromatic N) is 2. The summed E-state index contributed by atoms with van der Waals surface area (Å²) in [6.07, 6.45) is -1.65. The van der Waals surface area contributed by atoms with E-state index in [4.69, 9.17) is 15.0 Å². The van der Waals surface area contributed by atoms with E-state index in [1.807, 2.05) is 32.0 Å². The number of thiophene rings is 1. The van der Waals surface area contributed by atoms with Crippen LogP contribution in [0.1, 0.15) is 29.3 Å². The van der Waals surface area contributed by atoms with Gasteiger partial charge in [-0.1, -0.05) is 12.1 Å². The number of carbonyl (C=O) groups excluding carboxylic acids is 1. The highest BCUT2D eigenvalue weighted by atomic mass is 32.1. The van der Waals surface area contributed by atoms with Crippen LogP contribution in [0, 0.1) is 13.8 Å². The van der Waals surface area contributed by atoms with Crippen molar-refractivity contribution in [2.45, 2.75) is 45.8 Å². The maximum absolute atomic E-state index is 10.9. The number of benzene rings is 1. The average Bonchev–Trinajstić information content (AvgIpc) is 3.36. The van der Waals surface area contributed by atoms with Gasteiger partial charge in [-0.3, -0.25) is 4.79 Å². The zero-order chi connectivity index (χ0) is 21.8. The first-order valence-electron chi connectivity index (χ1n) is 9.61. The van der Waals surface area contributed by atoms with Crippen LogP contribution in [0.4, 0.5) is 0 Å². The molecular weight excluding hydrogens is 406 g/mol. The Kier molecular flexibility index (Phi) is 6.86. The van der Waals surface area contributed by atoms with Crippen LogP contribution < -0.4 is 10.5 Å². The number of primary amides is 1. The van der Waals surface area contributed by atoms with Gasteiger partial charge in [0.25, 0.3) is 5.89 Å². The third kappa shape index (κ3) is 5.05. The Labute approximate surface area is 178 Å². The van der Waals surface area contributed by atoms with Crippen LogP contribution in [0.5, 0.6) is 5.75 Å². The number of amides is 1. The summed E-state index contributed by atoms with van der Waals surface area (Å²) in [4.78, 5) is 17.6. The third-order valence-corrected chi connectivity index (χ3v) is 5.83. The summed E-state index contributed by atoms with van der Waals surface area (Å²) >= 11 is 1.63. The van der Waals surface area contributed by atoms with E-state index in [0.29, 0.717) is 17.5 Å². The molecule has 0 aliphatic carbocycles. The number of nitrogens with two attached hydrogens (primary N) is 1. The summed E-state index contributed by atoms with van der Waals surface area (Å²) < 4.78 is 11.1. The van der Waals surface area contributed by atoms with Gasteiger partial charge in [0.1, 0.15) is 18.5 Å². The maximum Gasteiger partial charge on any atom is 0.268 e. The highest BCUT2D eigenvalue weighted by Gasteiger charge is 2.19. The number of aliphatic hydroxyl groups excluding tert-OH is 2. The number of rotatable bonds is 9. The molecule has 0 aliphatic heterocycles.